The SMILES string of the molecule is CC(C)Oc1ccc(-c2ccn3c(-c4ccsc4)cnc3c2)cc1.CC(C)Oc1ccc(-c2ccn3c(-c4cncs4)cnc3c2)cc1.Cc1cc(-c2cnc3cc(-c4ccc(N5CCN(C)CC5)cc4)ccn23)c2ccccc2n1.Cc1cc(-c2cnc3cc(-c4ccc(N5CCN(C)CC5)cc4)ccn23)c2ccccc2n1.Cc1cnccc1-c1cnc2cc(-c3ccc(OC(C)C)cc3)ccn12. The summed E-state index contributed by atoms with van der Waals surface area (Å²) in [5, 5.41) is 6.52. The van der Waals surface area contributed by atoms with E-state index in [1.165, 1.54) is 39.2 Å². The molecule has 24 rings (SSSR count). The maximum atomic E-state index is 5.72. The Bertz CT molecular complexity index is 7640. The molecule has 22 aromatic rings. The maximum absolute atomic E-state index is 5.72. The lowest BCUT2D eigenvalue weighted by Gasteiger charge is -2.34. The number of likely N-dealkylation sites (N-methyl/N-ethyl adjacent to an activating group) is 2. The second kappa shape index (κ2) is 41.3. The number of thiophene rings is 1. The van der Waals surface area contributed by atoms with Gasteiger partial charge in [0.2, 0.25) is 0 Å². The predicted molar refractivity (Wildman–Crippen MR) is 573 cm³/mol. The Kier molecular flexibility index (Phi) is 27.1. The highest BCUT2D eigenvalue weighted by Crippen LogP contribution is 2.38. The van der Waals surface area contributed by atoms with Crippen molar-refractivity contribution in [1.29, 1.82) is 0 Å². The van der Waals surface area contributed by atoms with E-state index in [9.17, 15) is 0 Å². The summed E-state index contributed by atoms with van der Waals surface area (Å²) >= 11 is 3.32. The van der Waals surface area contributed by atoms with Crippen molar-refractivity contribution in [1.82, 2.24) is 76.7 Å². The van der Waals surface area contributed by atoms with Crippen LogP contribution in [0.5, 0.6) is 17.2 Å². The number of ether oxygens (including phenoxy) is 3. The molecule has 698 valence electrons. The van der Waals surface area contributed by atoms with Crippen molar-refractivity contribution >= 4 is 84.1 Å². The van der Waals surface area contributed by atoms with Gasteiger partial charge in [-0.15, -0.1) is 11.3 Å². The van der Waals surface area contributed by atoms with E-state index in [4.69, 9.17) is 24.2 Å². The van der Waals surface area contributed by atoms with Gasteiger partial charge in [0, 0.05) is 163 Å². The van der Waals surface area contributed by atoms with Gasteiger partial charge in [-0.05, 0) is 301 Å². The molecule has 15 aromatic heterocycles. The molecule has 0 unspecified atom stereocenters. The van der Waals surface area contributed by atoms with Gasteiger partial charge in [0.15, 0.2) is 0 Å². The van der Waals surface area contributed by atoms with Crippen LogP contribution in [0.3, 0.4) is 0 Å². The van der Waals surface area contributed by atoms with E-state index in [1.54, 1.807) is 22.7 Å². The van der Waals surface area contributed by atoms with Gasteiger partial charge in [-0.2, -0.15) is 11.3 Å². The van der Waals surface area contributed by atoms with E-state index in [2.05, 4.69) is 339 Å². The molecule has 23 heteroatoms. The third kappa shape index (κ3) is 20.6. The summed E-state index contributed by atoms with van der Waals surface area (Å²) in [6.45, 7) is 27.2. The molecule has 0 spiro atoms. The summed E-state index contributed by atoms with van der Waals surface area (Å²) in [6, 6.07) is 88.9. The predicted octanol–water partition coefficient (Wildman–Crippen LogP) is 26.1. The molecular formula is C117H110N18O3S2. The van der Waals surface area contributed by atoms with Gasteiger partial charge in [-0.3, -0.25) is 41.9 Å². The third-order valence-electron chi connectivity index (χ3n) is 25.4. The molecular weight excluding hydrogens is 1770 g/mol. The number of anilines is 2. The zero-order valence-corrected chi connectivity index (χ0v) is 82.1. The number of fused-ring (bicyclic) bond motifs is 7. The zero-order valence-electron chi connectivity index (χ0n) is 80.5. The summed E-state index contributed by atoms with van der Waals surface area (Å²) in [4.78, 5) is 51.7. The number of nitrogens with zero attached hydrogens (tertiary/aromatic N) is 18. The minimum atomic E-state index is 0.178. The lowest BCUT2D eigenvalue weighted by atomic mass is 10.0. The number of thiazole rings is 1. The van der Waals surface area contributed by atoms with Gasteiger partial charge >= 0.3 is 0 Å². The van der Waals surface area contributed by atoms with Crippen LogP contribution in [0.4, 0.5) is 11.4 Å². The minimum Gasteiger partial charge on any atom is -0.491 e. The number of rotatable bonds is 18. The molecule has 0 radical (unpaired) electrons. The number of hydrogen-bond acceptors (Lipinski definition) is 18. The molecule has 0 atom stereocenters. The van der Waals surface area contributed by atoms with Crippen LogP contribution in [-0.2, 0) is 0 Å². The Hall–Kier alpha value is -15.8. The van der Waals surface area contributed by atoms with E-state index in [0.717, 1.165) is 220 Å². The van der Waals surface area contributed by atoms with Gasteiger partial charge < -0.3 is 33.8 Å². The topological polar surface area (TPSA) is 179 Å². The van der Waals surface area contributed by atoms with Gasteiger partial charge in [0.25, 0.3) is 0 Å². The molecule has 2 aliphatic rings. The smallest absolute Gasteiger partial charge is 0.137 e. The number of imidazole rings is 5. The number of pyridine rings is 8. The lowest BCUT2D eigenvalue weighted by Crippen LogP contribution is -2.44. The fraction of sp³-hybridized carbons (Fsp3) is 0.188. The second-order valence-corrected chi connectivity index (χ2v) is 38.1. The van der Waals surface area contributed by atoms with Crippen molar-refractivity contribution in [2.45, 2.75) is 80.6 Å². The van der Waals surface area contributed by atoms with Crippen LogP contribution in [0.2, 0.25) is 0 Å². The lowest BCUT2D eigenvalue weighted by molar-refractivity contribution is 0.242. The number of hydrogen-bond donors (Lipinski definition) is 0. The Morgan fingerprint density at radius 1 is 0.307 bits per heavy atom. The van der Waals surface area contributed by atoms with E-state index in [0.29, 0.717) is 0 Å². The first-order chi connectivity index (χ1) is 68.3. The Morgan fingerprint density at radius 2 is 0.650 bits per heavy atom. The van der Waals surface area contributed by atoms with Crippen molar-refractivity contribution in [3.8, 4) is 128 Å². The van der Waals surface area contributed by atoms with Gasteiger partial charge in [-0.25, -0.2) is 24.9 Å². The molecule has 0 aliphatic carbocycles. The van der Waals surface area contributed by atoms with Gasteiger partial charge in [0.05, 0.1) is 99.2 Å². The van der Waals surface area contributed by atoms with Crippen LogP contribution in [0.15, 0.2) is 352 Å². The Balaban J connectivity index is 0.000000108. The van der Waals surface area contributed by atoms with Gasteiger partial charge in [0.1, 0.15) is 45.5 Å². The van der Waals surface area contributed by atoms with Crippen LogP contribution >= 0.6 is 22.7 Å². The van der Waals surface area contributed by atoms with E-state index >= 15 is 0 Å². The molecule has 2 saturated heterocycles. The van der Waals surface area contributed by atoms with Crippen LogP contribution in [0.1, 0.15) is 58.5 Å². The standard InChI is InChI=1S/2C28H27N5.C22H21N3O.C20H18N2OS.C19H17N3OS/c2*1-20-17-25(24-5-3-4-6-26(24)30-20)27-19-29-28-18-22(11-12-33(27)28)21-7-9-23(10-8-21)32-15-13-31(2)14-16-32;1-15(2)26-19-6-4-17(5-7-19)18-9-11-25-21(14-24-22(25)12-18)20-8-10-23-13-16(20)3;1-14(2)23-18-5-3-15(4-6-18)16-7-9-22-19(12-21-20(22)11-16)17-8-10-24-13-17;1-13(2)23-16-5-3-14(4-6-16)15-7-8-22-17(10-21-19(22)9-15)18-11-20-12-24-18/h2*3-12,17-19H,13-16H2,1-2H3;4-15H,1-3H3;3-14H,1-2H3;3-13H,1-2H3. The first-order valence-electron chi connectivity index (χ1n) is 47.6. The third-order valence-corrected chi connectivity index (χ3v) is 26.9. The van der Waals surface area contributed by atoms with Crippen molar-refractivity contribution in [3.63, 3.8) is 0 Å². The van der Waals surface area contributed by atoms with Crippen LogP contribution < -0.4 is 24.0 Å². The highest BCUT2D eigenvalue weighted by molar-refractivity contribution is 7.13. The van der Waals surface area contributed by atoms with Gasteiger partial charge in [-0.1, -0.05) is 97.1 Å². The number of benzene rings is 7. The Labute approximate surface area is 823 Å². The number of para-hydroxylation sites is 2. The minimum absolute atomic E-state index is 0.178. The molecule has 2 fully saturated rings. The highest BCUT2D eigenvalue weighted by atomic mass is 32.1. The molecule has 140 heavy (non-hydrogen) atoms. The van der Waals surface area contributed by atoms with Crippen molar-refractivity contribution in [2.24, 2.45) is 0 Å². The van der Waals surface area contributed by atoms with E-state index in [1.807, 2.05) is 165 Å². The molecule has 0 N–H and O–H groups in total. The first-order valence-corrected chi connectivity index (χ1v) is 49.5. The zero-order chi connectivity index (χ0) is 95.9. The van der Waals surface area contributed by atoms with Crippen LogP contribution in [-0.4, -0.2) is 161 Å². The Morgan fingerprint density at radius 3 is 1.00 bits per heavy atom. The van der Waals surface area contributed by atoms with E-state index < -0.39 is 0 Å². The first kappa shape index (κ1) is 91.9. The van der Waals surface area contributed by atoms with Crippen molar-refractivity contribution < 1.29 is 14.2 Å². The summed E-state index contributed by atoms with van der Waals surface area (Å²) in [5.74, 6) is 2.68. The molecule has 0 saturated carbocycles. The summed E-state index contributed by atoms with van der Waals surface area (Å²) in [5.41, 5.74) is 36.1. The van der Waals surface area contributed by atoms with Crippen molar-refractivity contribution in [3.05, 3.63) is 369 Å². The summed E-state index contributed by atoms with van der Waals surface area (Å²) in [7, 11) is 4.38. The summed E-state index contributed by atoms with van der Waals surface area (Å²) < 4.78 is 27.8. The molecule has 21 nitrogen and oxygen atoms in total. The molecule has 0 bridgehead atoms. The normalized spacial score (nSPS) is 13.0. The number of aromatic nitrogens is 14. The molecule has 0 amide bonds. The number of aryl methyl sites for hydroxylation is 3. The van der Waals surface area contributed by atoms with Crippen LogP contribution in [0, 0.1) is 20.8 Å². The van der Waals surface area contributed by atoms with E-state index in [-0.39, 0.29) is 18.3 Å². The molecule has 7 aromatic carbocycles. The fourth-order valence-electron chi connectivity index (χ4n) is 18.2. The van der Waals surface area contributed by atoms with Crippen LogP contribution in [0.25, 0.3) is 161 Å². The molecule has 17 heterocycles. The number of piperazine rings is 2. The largest absolute Gasteiger partial charge is 0.491 e. The van der Waals surface area contributed by atoms with Crippen molar-refractivity contribution in [2.75, 3.05) is 76.3 Å². The molecule has 2 aliphatic heterocycles. The average Bonchev–Trinajstić information content (AvgIpc) is 1.55. The quantitative estimate of drug-likeness (QED) is 0.0791. The summed E-state index contributed by atoms with van der Waals surface area (Å²) in [6.07, 6.45) is 26.3. The second-order valence-electron chi connectivity index (χ2n) is 36.4. The fourth-order valence-corrected chi connectivity index (χ4v) is 19.5. The average molecular weight is 1880 g/mol. The highest BCUT2D eigenvalue weighted by Gasteiger charge is 2.22. The monoisotopic (exact) mass is 1880 g/mol. The maximum Gasteiger partial charge on any atom is 0.137 e.